The highest BCUT2D eigenvalue weighted by atomic mass is 16.4. The van der Waals surface area contributed by atoms with Crippen molar-refractivity contribution < 1.29 is 19.1 Å². The molecule has 1 heterocycles. The Morgan fingerprint density at radius 3 is 2.43 bits per heavy atom. The van der Waals surface area contributed by atoms with Crippen molar-refractivity contribution >= 4 is 11.9 Å². The summed E-state index contributed by atoms with van der Waals surface area (Å²) in [4.78, 5) is 25.6. The van der Waals surface area contributed by atoms with E-state index in [0.717, 1.165) is 25.7 Å². The van der Waals surface area contributed by atoms with Gasteiger partial charge in [0.2, 0.25) is 0 Å². The van der Waals surface area contributed by atoms with E-state index in [0.29, 0.717) is 18.7 Å². The molecule has 5 nitrogen and oxygen atoms in total. The van der Waals surface area contributed by atoms with Crippen molar-refractivity contribution in [3.05, 3.63) is 23.2 Å². The normalized spacial score (nSPS) is 15.9. The molecule has 5 heteroatoms. The molecule has 21 heavy (non-hydrogen) atoms. The molecule has 0 aliphatic heterocycles. The summed E-state index contributed by atoms with van der Waals surface area (Å²) < 4.78 is 5.49. The van der Waals surface area contributed by atoms with Crippen LogP contribution in [0.2, 0.25) is 0 Å². The molecule has 1 aromatic heterocycles. The lowest BCUT2D eigenvalue weighted by atomic mass is 9.94. The summed E-state index contributed by atoms with van der Waals surface area (Å²) in [7, 11) is 0. The Kier molecular flexibility index (Phi) is 5.04. The van der Waals surface area contributed by atoms with Gasteiger partial charge >= 0.3 is 5.97 Å². The van der Waals surface area contributed by atoms with E-state index in [-0.39, 0.29) is 23.3 Å². The first kappa shape index (κ1) is 15.6. The van der Waals surface area contributed by atoms with E-state index in [1.54, 1.807) is 0 Å². The maximum absolute atomic E-state index is 12.6. The molecular formula is C16H23NO4. The molecule has 1 aromatic rings. The second kappa shape index (κ2) is 6.78. The molecule has 0 radical (unpaired) electrons. The number of amides is 1. The van der Waals surface area contributed by atoms with Crippen molar-refractivity contribution in [2.24, 2.45) is 0 Å². The molecule has 0 bridgehead atoms. The van der Waals surface area contributed by atoms with Crippen LogP contribution in [0.5, 0.6) is 0 Å². The summed E-state index contributed by atoms with van der Waals surface area (Å²) in [6.07, 6.45) is 6.02. The highest BCUT2D eigenvalue weighted by Gasteiger charge is 2.28. The van der Waals surface area contributed by atoms with Crippen LogP contribution in [0.15, 0.2) is 10.5 Å². The Morgan fingerprint density at radius 1 is 1.29 bits per heavy atom. The standard InChI is InChI=1S/C16H23NO4/c1-3-13-12(16(19)20)10-14(21-13)15(18)17(4-2)11-8-6-5-7-9-11/h10-11H,3-9H2,1-2H3,(H,19,20). The van der Waals surface area contributed by atoms with Crippen LogP contribution in [0, 0.1) is 0 Å². The van der Waals surface area contributed by atoms with Gasteiger partial charge in [0.25, 0.3) is 5.91 Å². The average Bonchev–Trinajstić information content (AvgIpc) is 2.93. The van der Waals surface area contributed by atoms with Gasteiger partial charge in [-0.3, -0.25) is 4.79 Å². The summed E-state index contributed by atoms with van der Waals surface area (Å²) in [5.74, 6) is -0.718. The predicted molar refractivity (Wildman–Crippen MR) is 78.6 cm³/mol. The molecule has 1 amide bonds. The first-order chi connectivity index (χ1) is 10.1. The minimum absolute atomic E-state index is 0.0977. The summed E-state index contributed by atoms with van der Waals surface area (Å²) >= 11 is 0. The third kappa shape index (κ3) is 3.28. The first-order valence-electron chi connectivity index (χ1n) is 7.75. The van der Waals surface area contributed by atoms with E-state index in [1.165, 1.54) is 12.5 Å². The van der Waals surface area contributed by atoms with Gasteiger partial charge in [0, 0.05) is 25.1 Å². The highest BCUT2D eigenvalue weighted by molar-refractivity contribution is 5.96. The Balaban J connectivity index is 2.22. The van der Waals surface area contributed by atoms with E-state index >= 15 is 0 Å². The Morgan fingerprint density at radius 2 is 1.95 bits per heavy atom. The van der Waals surface area contributed by atoms with E-state index < -0.39 is 5.97 Å². The van der Waals surface area contributed by atoms with E-state index in [1.807, 2.05) is 18.7 Å². The monoisotopic (exact) mass is 293 g/mol. The number of hydrogen-bond acceptors (Lipinski definition) is 3. The van der Waals surface area contributed by atoms with Gasteiger partial charge in [-0.2, -0.15) is 0 Å². The minimum atomic E-state index is -1.05. The zero-order valence-corrected chi connectivity index (χ0v) is 12.7. The van der Waals surface area contributed by atoms with Crippen LogP contribution < -0.4 is 0 Å². The average molecular weight is 293 g/mol. The first-order valence-corrected chi connectivity index (χ1v) is 7.75. The van der Waals surface area contributed by atoms with Crippen LogP contribution in [0.4, 0.5) is 0 Å². The fourth-order valence-electron chi connectivity index (χ4n) is 3.08. The molecule has 0 unspecified atom stereocenters. The fourth-order valence-corrected chi connectivity index (χ4v) is 3.08. The SMILES string of the molecule is CCc1oc(C(=O)N(CC)C2CCCCC2)cc1C(=O)O. The molecule has 1 saturated carbocycles. The van der Waals surface area contributed by atoms with Crippen LogP contribution in [-0.4, -0.2) is 34.5 Å². The van der Waals surface area contributed by atoms with Gasteiger partial charge < -0.3 is 14.4 Å². The number of aryl methyl sites for hydroxylation is 1. The Hall–Kier alpha value is -1.78. The lowest BCUT2D eigenvalue weighted by Crippen LogP contribution is -2.41. The third-order valence-corrected chi connectivity index (χ3v) is 4.19. The van der Waals surface area contributed by atoms with Crippen LogP contribution in [0.1, 0.15) is 72.6 Å². The smallest absolute Gasteiger partial charge is 0.339 e. The number of furan rings is 1. The largest absolute Gasteiger partial charge is 0.478 e. The number of carboxylic acid groups (broad SMARTS) is 1. The van der Waals surface area contributed by atoms with Crippen molar-refractivity contribution in [3.63, 3.8) is 0 Å². The van der Waals surface area contributed by atoms with Crippen molar-refractivity contribution in [1.82, 2.24) is 4.90 Å². The maximum atomic E-state index is 12.6. The highest BCUT2D eigenvalue weighted by Crippen LogP contribution is 2.25. The zero-order valence-electron chi connectivity index (χ0n) is 12.7. The van der Waals surface area contributed by atoms with Gasteiger partial charge in [-0.05, 0) is 19.8 Å². The van der Waals surface area contributed by atoms with E-state index in [2.05, 4.69) is 0 Å². The summed E-state index contributed by atoms with van der Waals surface area (Å²) in [5.41, 5.74) is 0.0977. The quantitative estimate of drug-likeness (QED) is 0.904. The van der Waals surface area contributed by atoms with Crippen LogP contribution in [0.25, 0.3) is 0 Å². The summed E-state index contributed by atoms with van der Waals surface area (Å²) in [6, 6.07) is 1.62. The van der Waals surface area contributed by atoms with Crippen LogP contribution >= 0.6 is 0 Å². The van der Waals surface area contributed by atoms with Gasteiger partial charge in [-0.25, -0.2) is 4.79 Å². The minimum Gasteiger partial charge on any atom is -0.478 e. The molecule has 116 valence electrons. The number of aromatic carboxylic acids is 1. The second-order valence-corrected chi connectivity index (χ2v) is 5.49. The maximum Gasteiger partial charge on any atom is 0.339 e. The van der Waals surface area contributed by atoms with Crippen LogP contribution in [-0.2, 0) is 6.42 Å². The third-order valence-electron chi connectivity index (χ3n) is 4.19. The number of carbonyl (C=O) groups excluding carboxylic acids is 1. The van der Waals surface area contributed by atoms with Gasteiger partial charge in [0.1, 0.15) is 11.3 Å². The number of carboxylic acids is 1. The summed E-state index contributed by atoms with van der Waals surface area (Å²) in [5, 5.41) is 9.15. The Bertz CT molecular complexity index is 514. The molecule has 0 aromatic carbocycles. The number of nitrogens with zero attached hydrogens (tertiary/aromatic N) is 1. The van der Waals surface area contributed by atoms with E-state index in [9.17, 15) is 9.59 Å². The van der Waals surface area contributed by atoms with Crippen molar-refractivity contribution in [2.45, 2.75) is 58.4 Å². The van der Waals surface area contributed by atoms with Crippen LogP contribution in [0.3, 0.4) is 0 Å². The molecule has 0 spiro atoms. The van der Waals surface area contributed by atoms with Crippen molar-refractivity contribution in [1.29, 1.82) is 0 Å². The van der Waals surface area contributed by atoms with E-state index in [4.69, 9.17) is 9.52 Å². The van der Waals surface area contributed by atoms with Gasteiger partial charge in [-0.15, -0.1) is 0 Å². The van der Waals surface area contributed by atoms with Crippen molar-refractivity contribution in [2.75, 3.05) is 6.54 Å². The molecule has 0 saturated heterocycles. The van der Waals surface area contributed by atoms with Crippen molar-refractivity contribution in [3.8, 4) is 0 Å². The summed E-state index contributed by atoms with van der Waals surface area (Å²) in [6.45, 7) is 4.39. The molecular weight excluding hydrogens is 270 g/mol. The molecule has 1 aliphatic carbocycles. The lowest BCUT2D eigenvalue weighted by Gasteiger charge is -2.33. The Labute approximate surface area is 124 Å². The topological polar surface area (TPSA) is 70.8 Å². The van der Waals surface area contributed by atoms with Gasteiger partial charge in [-0.1, -0.05) is 26.2 Å². The number of rotatable bonds is 5. The molecule has 1 fully saturated rings. The molecule has 0 atom stereocenters. The number of hydrogen-bond donors (Lipinski definition) is 1. The van der Waals surface area contributed by atoms with Gasteiger partial charge in [0.05, 0.1) is 0 Å². The second-order valence-electron chi connectivity index (χ2n) is 5.49. The molecule has 1 N–H and O–H groups in total. The zero-order chi connectivity index (χ0) is 15.4. The van der Waals surface area contributed by atoms with Gasteiger partial charge in [0.15, 0.2) is 5.76 Å². The predicted octanol–water partition coefficient (Wildman–Crippen LogP) is 3.34. The lowest BCUT2D eigenvalue weighted by molar-refractivity contribution is 0.0612. The fraction of sp³-hybridized carbons (Fsp3) is 0.625. The molecule has 1 aliphatic rings. The number of carbonyl (C=O) groups is 2. The molecule has 2 rings (SSSR count).